The summed E-state index contributed by atoms with van der Waals surface area (Å²) in [6.07, 6.45) is 6.91. The molecular weight excluding hydrogens is 220 g/mol. The van der Waals surface area contributed by atoms with Gasteiger partial charge < -0.3 is 5.73 Å². The van der Waals surface area contributed by atoms with Crippen LogP contribution in [-0.2, 0) is 6.54 Å². The van der Waals surface area contributed by atoms with Gasteiger partial charge >= 0.3 is 0 Å². The summed E-state index contributed by atoms with van der Waals surface area (Å²) in [5.41, 5.74) is 7.93. The molecule has 1 saturated carbocycles. The molecule has 0 bridgehead atoms. The first-order valence-electron chi connectivity index (χ1n) is 7.23. The van der Waals surface area contributed by atoms with Crippen LogP contribution in [-0.4, -0.2) is 18.0 Å². The Morgan fingerprint density at radius 3 is 2.28 bits per heavy atom. The monoisotopic (exact) mass is 246 g/mol. The molecule has 1 fully saturated rings. The SMILES string of the molecule is CCC1CCC(N(C)Cc2ccc(N)cc2)CC1. The Morgan fingerprint density at radius 1 is 1.11 bits per heavy atom. The third kappa shape index (κ3) is 3.49. The van der Waals surface area contributed by atoms with Crippen molar-refractivity contribution >= 4 is 5.69 Å². The van der Waals surface area contributed by atoms with Crippen LogP contribution >= 0.6 is 0 Å². The van der Waals surface area contributed by atoms with Crippen LogP contribution < -0.4 is 5.73 Å². The lowest BCUT2D eigenvalue weighted by molar-refractivity contribution is 0.157. The number of benzene rings is 1. The van der Waals surface area contributed by atoms with Crippen LogP contribution in [0.5, 0.6) is 0 Å². The van der Waals surface area contributed by atoms with E-state index in [1.54, 1.807) is 0 Å². The molecule has 2 heteroatoms. The van der Waals surface area contributed by atoms with Gasteiger partial charge in [-0.3, -0.25) is 4.90 Å². The molecule has 0 aliphatic heterocycles. The van der Waals surface area contributed by atoms with Crippen molar-refractivity contribution in [1.29, 1.82) is 0 Å². The zero-order valence-corrected chi connectivity index (χ0v) is 11.7. The molecule has 18 heavy (non-hydrogen) atoms. The minimum atomic E-state index is 0.769. The van der Waals surface area contributed by atoms with Crippen LogP contribution in [0.4, 0.5) is 5.69 Å². The van der Waals surface area contributed by atoms with Gasteiger partial charge in [-0.2, -0.15) is 0 Å². The molecular formula is C16H26N2. The fourth-order valence-corrected chi connectivity index (χ4v) is 3.03. The quantitative estimate of drug-likeness (QED) is 0.821. The van der Waals surface area contributed by atoms with Gasteiger partial charge in [-0.05, 0) is 56.3 Å². The topological polar surface area (TPSA) is 29.3 Å². The summed E-state index contributed by atoms with van der Waals surface area (Å²) in [7, 11) is 2.26. The maximum Gasteiger partial charge on any atom is 0.0314 e. The third-order valence-corrected chi connectivity index (χ3v) is 4.43. The lowest BCUT2D eigenvalue weighted by Crippen LogP contribution is -2.34. The van der Waals surface area contributed by atoms with Gasteiger partial charge in [0.15, 0.2) is 0 Å². The highest BCUT2D eigenvalue weighted by molar-refractivity contribution is 5.39. The maximum atomic E-state index is 5.72. The van der Waals surface area contributed by atoms with Crippen molar-refractivity contribution in [3.63, 3.8) is 0 Å². The summed E-state index contributed by atoms with van der Waals surface area (Å²) in [6.45, 7) is 3.37. The molecule has 1 aromatic carbocycles. The predicted molar refractivity (Wildman–Crippen MR) is 78.4 cm³/mol. The third-order valence-electron chi connectivity index (χ3n) is 4.43. The van der Waals surface area contributed by atoms with Gasteiger partial charge in [-0.25, -0.2) is 0 Å². The molecule has 2 nitrogen and oxygen atoms in total. The average Bonchev–Trinajstić information content (AvgIpc) is 2.41. The molecule has 1 aromatic rings. The summed E-state index contributed by atoms with van der Waals surface area (Å²) in [5, 5.41) is 0. The first-order chi connectivity index (χ1) is 8.69. The largest absolute Gasteiger partial charge is 0.399 e. The highest BCUT2D eigenvalue weighted by Gasteiger charge is 2.22. The normalized spacial score (nSPS) is 24.4. The highest BCUT2D eigenvalue weighted by Crippen LogP contribution is 2.29. The number of hydrogen-bond donors (Lipinski definition) is 1. The van der Waals surface area contributed by atoms with Crippen LogP contribution in [0.15, 0.2) is 24.3 Å². The van der Waals surface area contributed by atoms with Crippen molar-refractivity contribution in [3.05, 3.63) is 29.8 Å². The number of anilines is 1. The van der Waals surface area contributed by atoms with E-state index < -0.39 is 0 Å². The summed E-state index contributed by atoms with van der Waals surface area (Å²) in [6, 6.07) is 9.05. The molecule has 1 aliphatic rings. The molecule has 0 saturated heterocycles. The van der Waals surface area contributed by atoms with E-state index in [2.05, 4.69) is 31.0 Å². The number of nitrogens with two attached hydrogens (primary N) is 1. The van der Waals surface area contributed by atoms with Gasteiger partial charge in [0, 0.05) is 18.3 Å². The molecule has 0 aromatic heterocycles. The molecule has 2 rings (SSSR count). The second-order valence-corrected chi connectivity index (χ2v) is 5.74. The highest BCUT2D eigenvalue weighted by atomic mass is 15.1. The smallest absolute Gasteiger partial charge is 0.0314 e. The molecule has 0 heterocycles. The standard InChI is InChI=1S/C16H26N2/c1-3-13-6-10-16(11-7-13)18(2)12-14-4-8-15(17)9-5-14/h4-5,8-9,13,16H,3,6-7,10-12,17H2,1-2H3. The van der Waals surface area contributed by atoms with E-state index in [1.807, 2.05) is 12.1 Å². The van der Waals surface area contributed by atoms with E-state index in [-0.39, 0.29) is 0 Å². The molecule has 0 atom stereocenters. The molecule has 0 radical (unpaired) electrons. The van der Waals surface area contributed by atoms with Crippen molar-refractivity contribution in [2.45, 2.75) is 51.6 Å². The van der Waals surface area contributed by atoms with Gasteiger partial charge in [-0.1, -0.05) is 25.5 Å². The molecule has 0 amide bonds. The number of nitrogen functional groups attached to an aromatic ring is 1. The van der Waals surface area contributed by atoms with Gasteiger partial charge in [0.25, 0.3) is 0 Å². The molecule has 2 N–H and O–H groups in total. The first-order valence-corrected chi connectivity index (χ1v) is 7.23. The summed E-state index contributed by atoms with van der Waals surface area (Å²) in [4.78, 5) is 2.51. The minimum Gasteiger partial charge on any atom is -0.399 e. The fraction of sp³-hybridized carbons (Fsp3) is 0.625. The Bertz CT molecular complexity index is 350. The van der Waals surface area contributed by atoms with Crippen LogP contribution in [0.2, 0.25) is 0 Å². The van der Waals surface area contributed by atoms with Crippen LogP contribution in [0, 0.1) is 5.92 Å². The second kappa shape index (κ2) is 6.24. The van der Waals surface area contributed by atoms with E-state index in [4.69, 9.17) is 5.73 Å². The number of rotatable bonds is 4. The molecule has 0 spiro atoms. The van der Waals surface area contributed by atoms with Gasteiger partial charge in [0.2, 0.25) is 0 Å². The zero-order valence-electron chi connectivity index (χ0n) is 11.7. The van der Waals surface area contributed by atoms with Crippen LogP contribution in [0.25, 0.3) is 0 Å². The molecule has 0 unspecified atom stereocenters. The Kier molecular flexibility index (Phi) is 4.65. The molecule has 100 valence electrons. The summed E-state index contributed by atoms with van der Waals surface area (Å²) in [5.74, 6) is 0.978. The van der Waals surface area contributed by atoms with Gasteiger partial charge in [0.05, 0.1) is 0 Å². The van der Waals surface area contributed by atoms with Crippen LogP contribution in [0.3, 0.4) is 0 Å². The maximum absolute atomic E-state index is 5.72. The van der Waals surface area contributed by atoms with E-state index in [9.17, 15) is 0 Å². The van der Waals surface area contributed by atoms with Crippen LogP contribution in [0.1, 0.15) is 44.6 Å². The number of nitrogens with zero attached hydrogens (tertiary/aromatic N) is 1. The zero-order chi connectivity index (χ0) is 13.0. The van der Waals surface area contributed by atoms with Crippen molar-refractivity contribution in [3.8, 4) is 0 Å². The summed E-state index contributed by atoms with van der Waals surface area (Å²) < 4.78 is 0. The Hall–Kier alpha value is -1.02. The molecule has 1 aliphatic carbocycles. The lowest BCUT2D eigenvalue weighted by Gasteiger charge is -2.34. The van der Waals surface area contributed by atoms with E-state index in [0.717, 1.165) is 24.2 Å². The van der Waals surface area contributed by atoms with Crippen molar-refractivity contribution in [1.82, 2.24) is 4.90 Å². The van der Waals surface area contributed by atoms with Gasteiger partial charge in [-0.15, -0.1) is 0 Å². The second-order valence-electron chi connectivity index (χ2n) is 5.74. The Balaban J connectivity index is 1.85. The van der Waals surface area contributed by atoms with Crippen molar-refractivity contribution in [2.24, 2.45) is 5.92 Å². The average molecular weight is 246 g/mol. The van der Waals surface area contributed by atoms with E-state index in [1.165, 1.54) is 37.7 Å². The predicted octanol–water partition coefficient (Wildman–Crippen LogP) is 3.67. The van der Waals surface area contributed by atoms with E-state index >= 15 is 0 Å². The number of hydrogen-bond acceptors (Lipinski definition) is 2. The fourth-order valence-electron chi connectivity index (χ4n) is 3.03. The minimum absolute atomic E-state index is 0.769. The Morgan fingerprint density at radius 2 is 1.72 bits per heavy atom. The lowest BCUT2D eigenvalue weighted by atomic mass is 9.84. The van der Waals surface area contributed by atoms with Crippen molar-refractivity contribution in [2.75, 3.05) is 12.8 Å². The first kappa shape index (κ1) is 13.4. The summed E-state index contributed by atoms with van der Waals surface area (Å²) >= 11 is 0. The van der Waals surface area contributed by atoms with Gasteiger partial charge in [0.1, 0.15) is 0 Å². The Labute approximate surface area is 111 Å². The van der Waals surface area contributed by atoms with Crippen molar-refractivity contribution < 1.29 is 0 Å². The van der Waals surface area contributed by atoms with E-state index in [0.29, 0.717) is 0 Å².